The van der Waals surface area contributed by atoms with Gasteiger partial charge in [0.05, 0.1) is 19.5 Å². The van der Waals surface area contributed by atoms with Crippen LogP contribution in [0.4, 0.5) is 5.82 Å². The number of carbonyl (C=O) groups is 1. The number of amides is 1. The van der Waals surface area contributed by atoms with Crippen molar-refractivity contribution in [2.75, 3.05) is 46.2 Å². The number of nitrogens with one attached hydrogen (secondary N) is 2. The second-order valence-corrected chi connectivity index (χ2v) is 10.8. The first-order chi connectivity index (χ1) is 20.9. The number of imidazole rings is 1. The lowest BCUT2D eigenvalue weighted by molar-refractivity contribution is -0.128. The summed E-state index contributed by atoms with van der Waals surface area (Å²) in [6, 6.07) is 20.5. The van der Waals surface area contributed by atoms with E-state index in [0.29, 0.717) is 48.9 Å². The van der Waals surface area contributed by atoms with E-state index in [9.17, 15) is 15.0 Å². The van der Waals surface area contributed by atoms with Crippen molar-refractivity contribution in [3.05, 3.63) is 83.9 Å². The van der Waals surface area contributed by atoms with E-state index in [4.69, 9.17) is 19.4 Å². The molecule has 0 spiro atoms. The summed E-state index contributed by atoms with van der Waals surface area (Å²) in [5.74, 6) is 1.07. The molecule has 1 saturated heterocycles. The van der Waals surface area contributed by atoms with Gasteiger partial charge < -0.3 is 35.2 Å². The molecule has 4 N–H and O–H groups in total. The van der Waals surface area contributed by atoms with Crippen molar-refractivity contribution in [1.29, 1.82) is 0 Å². The third kappa shape index (κ3) is 7.00. The number of rotatable bonds is 13. The molecule has 12 heteroatoms. The highest BCUT2D eigenvalue weighted by molar-refractivity contribution is 5.83. The van der Waals surface area contributed by atoms with Gasteiger partial charge >= 0.3 is 0 Å². The van der Waals surface area contributed by atoms with Crippen LogP contribution in [0, 0.1) is 0 Å². The van der Waals surface area contributed by atoms with Gasteiger partial charge in [-0.05, 0) is 11.1 Å². The van der Waals surface area contributed by atoms with Gasteiger partial charge in [-0.15, -0.1) is 0 Å². The Balaban J connectivity index is 1.45. The highest BCUT2D eigenvalue weighted by Crippen LogP contribution is 2.33. The number of benzene rings is 2. The molecule has 5 rings (SSSR count). The normalized spacial score (nSPS) is 20.1. The Kier molecular flexibility index (Phi) is 9.95. The summed E-state index contributed by atoms with van der Waals surface area (Å²) in [6.07, 6.45) is -2.07. The fraction of sp³-hybridized carbons (Fsp3) is 0.419. The number of hydrogen-bond acceptors (Lipinski definition) is 10. The molecule has 4 aromatic rings. The van der Waals surface area contributed by atoms with Crippen LogP contribution in [0.3, 0.4) is 0 Å². The van der Waals surface area contributed by atoms with Crippen LogP contribution in [0.1, 0.15) is 35.5 Å². The predicted octanol–water partition coefficient (Wildman–Crippen LogP) is 1.90. The van der Waals surface area contributed by atoms with Crippen molar-refractivity contribution in [2.24, 2.45) is 0 Å². The van der Waals surface area contributed by atoms with E-state index in [-0.39, 0.29) is 18.4 Å². The number of methoxy groups -OCH3 is 1. The molecule has 4 atom stereocenters. The van der Waals surface area contributed by atoms with E-state index >= 15 is 0 Å². The molecular weight excluding hydrogens is 550 g/mol. The number of anilines is 1. The van der Waals surface area contributed by atoms with Crippen molar-refractivity contribution in [3.63, 3.8) is 0 Å². The molecule has 2 aromatic carbocycles. The molecule has 0 aliphatic carbocycles. The third-order valence-electron chi connectivity index (χ3n) is 7.59. The first kappa shape index (κ1) is 30.5. The maximum Gasteiger partial charge on any atom is 0.223 e. The van der Waals surface area contributed by atoms with Crippen LogP contribution in [0.25, 0.3) is 11.2 Å². The van der Waals surface area contributed by atoms with E-state index in [0.717, 1.165) is 11.1 Å². The fourth-order valence-corrected chi connectivity index (χ4v) is 5.23. The van der Waals surface area contributed by atoms with E-state index in [2.05, 4.69) is 39.9 Å². The summed E-state index contributed by atoms with van der Waals surface area (Å²) < 4.78 is 12.8. The van der Waals surface area contributed by atoms with Gasteiger partial charge in [-0.2, -0.15) is 0 Å². The molecular formula is C31H39N7O5. The Bertz CT molecular complexity index is 1440. The summed E-state index contributed by atoms with van der Waals surface area (Å²) in [6.45, 7) is 1.43. The van der Waals surface area contributed by atoms with Crippen LogP contribution in [-0.4, -0.2) is 99.8 Å². The van der Waals surface area contributed by atoms with Crippen LogP contribution in [-0.2, 0) is 20.8 Å². The van der Waals surface area contributed by atoms with Crippen molar-refractivity contribution >= 4 is 22.9 Å². The van der Waals surface area contributed by atoms with E-state index in [1.165, 1.54) is 7.11 Å². The molecule has 0 saturated carbocycles. The van der Waals surface area contributed by atoms with Crippen LogP contribution >= 0.6 is 0 Å². The second kappa shape index (κ2) is 14.0. The first-order valence-corrected chi connectivity index (χ1v) is 14.4. The third-order valence-corrected chi connectivity index (χ3v) is 7.59. The molecule has 43 heavy (non-hydrogen) atoms. The Labute approximate surface area is 250 Å². The lowest BCUT2D eigenvalue weighted by atomic mass is 9.91. The number of hydrogen-bond donors (Lipinski definition) is 4. The van der Waals surface area contributed by atoms with Crippen molar-refractivity contribution < 1.29 is 24.5 Å². The van der Waals surface area contributed by atoms with Gasteiger partial charge in [0.1, 0.15) is 24.1 Å². The molecule has 1 aliphatic rings. The molecule has 1 aliphatic heterocycles. The van der Waals surface area contributed by atoms with Crippen LogP contribution in [0.2, 0.25) is 0 Å². The summed E-state index contributed by atoms with van der Waals surface area (Å²) in [5.41, 5.74) is 3.27. The minimum Gasteiger partial charge on any atom is -0.387 e. The topological polar surface area (TPSA) is 147 Å². The van der Waals surface area contributed by atoms with E-state index in [1.807, 2.05) is 36.4 Å². The highest BCUT2D eigenvalue weighted by atomic mass is 16.6. The van der Waals surface area contributed by atoms with E-state index in [1.54, 1.807) is 29.9 Å². The molecule has 228 valence electrons. The van der Waals surface area contributed by atoms with Gasteiger partial charge in [0.2, 0.25) is 5.91 Å². The molecule has 1 amide bonds. The Hall–Kier alpha value is -3.94. The molecule has 1 unspecified atom stereocenters. The number of nitrogens with zero attached hydrogens (tertiary/aromatic N) is 5. The number of carbonyl (C=O) groups excluding carboxylic acids is 1. The lowest BCUT2D eigenvalue weighted by Gasteiger charge is -2.20. The molecule has 0 bridgehead atoms. The second-order valence-electron chi connectivity index (χ2n) is 10.8. The summed E-state index contributed by atoms with van der Waals surface area (Å²) in [4.78, 5) is 27.7. The zero-order valence-corrected chi connectivity index (χ0v) is 24.6. The summed E-state index contributed by atoms with van der Waals surface area (Å²) in [7, 11) is 4.96. The zero-order valence-electron chi connectivity index (χ0n) is 24.6. The van der Waals surface area contributed by atoms with Gasteiger partial charge in [-0.3, -0.25) is 9.36 Å². The first-order valence-electron chi connectivity index (χ1n) is 14.4. The number of aromatic nitrogens is 4. The lowest BCUT2D eigenvalue weighted by Crippen LogP contribution is -2.33. The van der Waals surface area contributed by atoms with Gasteiger partial charge in [-0.25, -0.2) is 15.0 Å². The van der Waals surface area contributed by atoms with Gasteiger partial charge in [-0.1, -0.05) is 60.7 Å². The summed E-state index contributed by atoms with van der Waals surface area (Å²) in [5, 5.41) is 28.2. The Morgan fingerprint density at radius 2 is 1.72 bits per heavy atom. The number of aliphatic hydroxyl groups excluding tert-OH is 2. The number of aliphatic hydroxyl groups is 2. The average molecular weight is 590 g/mol. The smallest absolute Gasteiger partial charge is 0.223 e. The van der Waals surface area contributed by atoms with E-state index < -0.39 is 24.5 Å². The minimum absolute atomic E-state index is 0.0220. The van der Waals surface area contributed by atoms with Crippen LogP contribution in [0.15, 0.2) is 67.0 Å². The maximum absolute atomic E-state index is 12.0. The summed E-state index contributed by atoms with van der Waals surface area (Å²) >= 11 is 0. The molecule has 2 aromatic heterocycles. The monoisotopic (exact) mass is 589 g/mol. The van der Waals surface area contributed by atoms with Crippen LogP contribution < -0.4 is 10.6 Å². The van der Waals surface area contributed by atoms with Gasteiger partial charge in [0, 0.05) is 46.6 Å². The zero-order chi connectivity index (χ0) is 30.3. The van der Waals surface area contributed by atoms with Crippen molar-refractivity contribution in [2.45, 2.75) is 43.4 Å². The number of ether oxygens (including phenoxy) is 2. The quantitative estimate of drug-likeness (QED) is 0.171. The Morgan fingerprint density at radius 3 is 2.35 bits per heavy atom. The minimum atomic E-state index is -1.21. The number of fused-ring (bicyclic) bond motifs is 1. The SMILES string of the molecule is COC[C@H]1OC(n2cnc3c(NCC(c4ccccc4)c4ccccc4)nc(CNCCC(=O)N(C)C)nc32)[C@H](O)[C@@H]1O. The molecule has 3 heterocycles. The van der Waals surface area contributed by atoms with Crippen molar-refractivity contribution in [3.8, 4) is 0 Å². The molecule has 12 nitrogen and oxygen atoms in total. The predicted molar refractivity (Wildman–Crippen MR) is 161 cm³/mol. The maximum atomic E-state index is 12.0. The standard InChI is InChI=1S/C31H39N7O5/c1-37(2)25(39)14-15-32-17-24-35-29(33-16-22(20-10-6-4-7-11-20)21-12-8-5-9-13-21)26-30(36-24)38(19-34-26)31-28(41)27(40)23(43-31)18-42-3/h4-13,19,22-23,27-28,31-32,40-41H,14-18H2,1-3H3,(H,33,35,36)/t23-,27-,28-,31?/m1/s1. The molecule has 1 fully saturated rings. The Morgan fingerprint density at radius 1 is 1.05 bits per heavy atom. The van der Waals surface area contributed by atoms with Crippen molar-refractivity contribution in [1.82, 2.24) is 29.7 Å². The average Bonchev–Trinajstić information content (AvgIpc) is 3.56. The highest BCUT2D eigenvalue weighted by Gasteiger charge is 2.44. The fourth-order valence-electron chi connectivity index (χ4n) is 5.23. The molecule has 0 radical (unpaired) electrons. The van der Waals surface area contributed by atoms with Gasteiger partial charge in [0.15, 0.2) is 23.2 Å². The van der Waals surface area contributed by atoms with Crippen LogP contribution in [0.5, 0.6) is 0 Å². The van der Waals surface area contributed by atoms with Gasteiger partial charge in [0.25, 0.3) is 0 Å². The largest absolute Gasteiger partial charge is 0.387 e.